The van der Waals surface area contributed by atoms with Gasteiger partial charge in [-0.3, -0.25) is 4.79 Å². The summed E-state index contributed by atoms with van der Waals surface area (Å²) in [6, 6.07) is 2.63. The van der Waals surface area contributed by atoms with E-state index in [1.807, 2.05) is 0 Å². The van der Waals surface area contributed by atoms with Crippen LogP contribution in [0.2, 0.25) is 5.02 Å². The quantitative estimate of drug-likeness (QED) is 0.711. The van der Waals surface area contributed by atoms with Crippen LogP contribution in [0.15, 0.2) is 12.1 Å². The molecule has 0 bridgehead atoms. The number of benzene rings is 1. The third kappa shape index (κ3) is 2.96. The van der Waals surface area contributed by atoms with Gasteiger partial charge < -0.3 is 16.8 Å². The number of alkyl halides is 2. The van der Waals surface area contributed by atoms with E-state index in [0.29, 0.717) is 0 Å². The number of nitrogens with one attached hydrogen (secondary N) is 1. The van der Waals surface area contributed by atoms with Crippen molar-refractivity contribution in [3.63, 3.8) is 0 Å². The van der Waals surface area contributed by atoms with Crippen molar-refractivity contribution in [1.29, 1.82) is 0 Å². The zero-order valence-electron chi connectivity index (χ0n) is 8.14. The predicted molar refractivity (Wildman–Crippen MR) is 58.9 cm³/mol. The molecule has 0 heterocycles. The number of amides is 1. The third-order valence-corrected chi connectivity index (χ3v) is 2.11. The molecule has 1 amide bonds. The van der Waals surface area contributed by atoms with E-state index < -0.39 is 18.9 Å². The lowest BCUT2D eigenvalue weighted by Gasteiger charge is -2.12. The van der Waals surface area contributed by atoms with Gasteiger partial charge in [0.2, 0.25) is 0 Å². The largest absolute Gasteiger partial charge is 0.399 e. The molecule has 4 nitrogen and oxygen atoms in total. The average Bonchev–Trinajstić information content (AvgIpc) is 2.14. The van der Waals surface area contributed by atoms with Crippen LogP contribution in [0.25, 0.3) is 0 Å². The number of anilines is 2. The number of nitrogen functional groups attached to an aromatic ring is 1. The third-order valence-electron chi connectivity index (χ3n) is 1.81. The lowest BCUT2D eigenvalue weighted by Crippen LogP contribution is -2.18. The van der Waals surface area contributed by atoms with Crippen LogP contribution in [0.5, 0.6) is 0 Å². The minimum absolute atomic E-state index is 0.00866. The molecule has 0 spiro atoms. The Kier molecular flexibility index (Phi) is 3.89. The van der Waals surface area contributed by atoms with Crippen LogP contribution in [0.1, 0.15) is 10.4 Å². The summed E-state index contributed by atoms with van der Waals surface area (Å²) in [5, 5.41) is 2.43. The van der Waals surface area contributed by atoms with Gasteiger partial charge in [-0.25, -0.2) is 8.78 Å². The van der Waals surface area contributed by atoms with E-state index in [2.05, 4.69) is 5.32 Å². The van der Waals surface area contributed by atoms with Gasteiger partial charge in [-0.1, -0.05) is 11.6 Å². The summed E-state index contributed by atoms with van der Waals surface area (Å²) in [5.74, 6) is -0.786. The lowest BCUT2D eigenvalue weighted by atomic mass is 10.1. The second kappa shape index (κ2) is 4.98. The van der Waals surface area contributed by atoms with Crippen molar-refractivity contribution < 1.29 is 13.6 Å². The maximum Gasteiger partial charge on any atom is 0.255 e. The van der Waals surface area contributed by atoms with Crippen molar-refractivity contribution in [3.05, 3.63) is 22.7 Å². The van der Waals surface area contributed by atoms with Crippen LogP contribution < -0.4 is 16.8 Å². The zero-order chi connectivity index (χ0) is 12.3. The molecule has 1 aromatic rings. The summed E-state index contributed by atoms with van der Waals surface area (Å²) in [7, 11) is 0. The summed E-state index contributed by atoms with van der Waals surface area (Å²) in [4.78, 5) is 11.1. The van der Waals surface area contributed by atoms with Crippen molar-refractivity contribution in [3.8, 4) is 0 Å². The van der Waals surface area contributed by atoms with E-state index in [0.717, 1.165) is 0 Å². The van der Waals surface area contributed by atoms with Crippen molar-refractivity contribution in [2.75, 3.05) is 17.6 Å². The van der Waals surface area contributed by atoms with Crippen LogP contribution in [0, 0.1) is 0 Å². The highest BCUT2D eigenvalue weighted by molar-refractivity contribution is 6.34. The molecule has 0 atom stereocenters. The number of hydrogen-bond acceptors (Lipinski definition) is 3. The molecule has 0 saturated carbocycles. The minimum atomic E-state index is -2.56. The second-order valence-electron chi connectivity index (χ2n) is 3.06. The van der Waals surface area contributed by atoms with Crippen molar-refractivity contribution in [1.82, 2.24) is 0 Å². The van der Waals surface area contributed by atoms with Gasteiger partial charge >= 0.3 is 0 Å². The number of primary amides is 1. The summed E-state index contributed by atoms with van der Waals surface area (Å²) in [6.45, 7) is -0.621. The van der Waals surface area contributed by atoms with Gasteiger partial charge in [0, 0.05) is 5.69 Å². The van der Waals surface area contributed by atoms with E-state index >= 15 is 0 Å². The Morgan fingerprint density at radius 2 is 2.12 bits per heavy atom. The van der Waals surface area contributed by atoms with Crippen molar-refractivity contribution >= 4 is 28.9 Å². The Morgan fingerprint density at radius 3 is 2.62 bits per heavy atom. The fraction of sp³-hybridized carbons (Fsp3) is 0.222. The van der Waals surface area contributed by atoms with Gasteiger partial charge in [-0.2, -0.15) is 0 Å². The van der Waals surface area contributed by atoms with E-state index in [1.165, 1.54) is 12.1 Å². The molecular weight excluding hydrogens is 240 g/mol. The Labute approximate surface area is 95.6 Å². The first-order valence-electron chi connectivity index (χ1n) is 4.32. The van der Waals surface area contributed by atoms with E-state index in [9.17, 15) is 13.6 Å². The van der Waals surface area contributed by atoms with Gasteiger partial charge in [0.15, 0.2) is 0 Å². The molecular formula is C9H10ClF2N3O. The molecule has 0 aliphatic carbocycles. The SMILES string of the molecule is NC(=O)c1cc(N)cc(Cl)c1NCC(F)F. The number of carbonyl (C=O) groups is 1. The smallest absolute Gasteiger partial charge is 0.255 e. The van der Waals surface area contributed by atoms with Crippen molar-refractivity contribution in [2.24, 2.45) is 5.73 Å². The summed E-state index contributed by atoms with van der Waals surface area (Å²) in [6.07, 6.45) is -2.56. The van der Waals surface area contributed by atoms with E-state index in [4.69, 9.17) is 23.1 Å². The molecule has 0 aliphatic rings. The number of halogens is 3. The normalized spacial score (nSPS) is 10.5. The highest BCUT2D eigenvalue weighted by Crippen LogP contribution is 2.29. The number of hydrogen-bond donors (Lipinski definition) is 3. The first kappa shape index (κ1) is 12.5. The Bertz CT molecular complexity index is 412. The first-order chi connectivity index (χ1) is 7.41. The van der Waals surface area contributed by atoms with Crippen LogP contribution in [0.3, 0.4) is 0 Å². The maximum atomic E-state index is 12.0. The zero-order valence-corrected chi connectivity index (χ0v) is 8.89. The van der Waals surface area contributed by atoms with Gasteiger partial charge in [0.25, 0.3) is 12.3 Å². The van der Waals surface area contributed by atoms with E-state index in [-0.39, 0.29) is 22.0 Å². The van der Waals surface area contributed by atoms with Gasteiger partial charge in [-0.05, 0) is 12.1 Å². The number of carbonyl (C=O) groups excluding carboxylic acids is 1. The van der Waals surface area contributed by atoms with Crippen molar-refractivity contribution in [2.45, 2.75) is 6.43 Å². The Hall–Kier alpha value is -1.56. The molecule has 0 saturated heterocycles. The molecule has 7 heteroatoms. The molecule has 0 radical (unpaired) electrons. The fourth-order valence-electron chi connectivity index (χ4n) is 1.18. The van der Waals surface area contributed by atoms with Crippen LogP contribution in [-0.2, 0) is 0 Å². The molecule has 5 N–H and O–H groups in total. The van der Waals surface area contributed by atoms with Crippen LogP contribution >= 0.6 is 11.6 Å². The number of nitrogens with two attached hydrogens (primary N) is 2. The average molecular weight is 250 g/mol. The summed E-state index contributed by atoms with van der Waals surface area (Å²) >= 11 is 5.77. The molecule has 16 heavy (non-hydrogen) atoms. The van der Waals surface area contributed by atoms with E-state index in [1.54, 1.807) is 0 Å². The fourth-order valence-corrected chi connectivity index (χ4v) is 1.48. The second-order valence-corrected chi connectivity index (χ2v) is 3.47. The molecule has 0 aliphatic heterocycles. The summed E-state index contributed by atoms with van der Waals surface area (Å²) < 4.78 is 24.0. The standard InChI is InChI=1S/C9H10ClF2N3O/c10-6-2-4(13)1-5(9(14)16)8(6)15-3-7(11)12/h1-2,7,15H,3,13H2,(H2,14,16). The molecule has 88 valence electrons. The van der Waals surface area contributed by atoms with Gasteiger partial charge in [-0.15, -0.1) is 0 Å². The van der Waals surface area contributed by atoms with Crippen LogP contribution in [-0.4, -0.2) is 18.9 Å². The lowest BCUT2D eigenvalue weighted by molar-refractivity contribution is 0.100. The highest BCUT2D eigenvalue weighted by atomic mass is 35.5. The summed E-state index contributed by atoms with van der Waals surface area (Å²) in [5.41, 5.74) is 10.8. The van der Waals surface area contributed by atoms with Crippen LogP contribution in [0.4, 0.5) is 20.2 Å². The minimum Gasteiger partial charge on any atom is -0.399 e. The molecule has 0 unspecified atom stereocenters. The molecule has 0 fully saturated rings. The Balaban J connectivity index is 3.09. The highest BCUT2D eigenvalue weighted by Gasteiger charge is 2.14. The first-order valence-corrected chi connectivity index (χ1v) is 4.70. The Morgan fingerprint density at radius 1 is 1.50 bits per heavy atom. The predicted octanol–water partition coefficient (Wildman–Crippen LogP) is 1.70. The topological polar surface area (TPSA) is 81.1 Å². The monoisotopic (exact) mass is 249 g/mol. The maximum absolute atomic E-state index is 12.0. The van der Waals surface area contributed by atoms with Gasteiger partial charge in [0.05, 0.1) is 22.8 Å². The molecule has 1 aromatic carbocycles. The number of rotatable bonds is 4. The molecule has 0 aromatic heterocycles. The van der Waals surface area contributed by atoms with Gasteiger partial charge in [0.1, 0.15) is 0 Å². The molecule has 1 rings (SSSR count).